The van der Waals surface area contributed by atoms with Crippen LogP contribution in [0.2, 0.25) is 0 Å². The largest absolute Gasteiger partial charge is 0.475 e. The van der Waals surface area contributed by atoms with Crippen LogP contribution in [-0.4, -0.2) is 43.5 Å². The fourth-order valence-electron chi connectivity index (χ4n) is 1.69. The van der Waals surface area contributed by atoms with Gasteiger partial charge in [-0.1, -0.05) is 6.92 Å². The first-order valence-electron chi connectivity index (χ1n) is 6.50. The van der Waals surface area contributed by atoms with Crippen molar-refractivity contribution in [2.24, 2.45) is 0 Å². The second kappa shape index (κ2) is 7.37. The molecule has 7 heteroatoms. The van der Waals surface area contributed by atoms with E-state index in [1.54, 1.807) is 18.4 Å². The van der Waals surface area contributed by atoms with Gasteiger partial charge >= 0.3 is 0 Å². The third-order valence-corrected chi connectivity index (χ3v) is 3.85. The molecule has 0 saturated carbocycles. The van der Waals surface area contributed by atoms with E-state index in [1.807, 2.05) is 0 Å². The van der Waals surface area contributed by atoms with Crippen molar-refractivity contribution < 1.29 is 14.2 Å². The minimum absolute atomic E-state index is 0.234. The van der Waals surface area contributed by atoms with Gasteiger partial charge in [-0.2, -0.15) is 4.98 Å². The number of anilines is 1. The molecule has 2 N–H and O–H groups in total. The van der Waals surface area contributed by atoms with Crippen LogP contribution in [0.25, 0.3) is 10.2 Å². The van der Waals surface area contributed by atoms with E-state index < -0.39 is 0 Å². The molecule has 6 nitrogen and oxygen atoms in total. The zero-order valence-corrected chi connectivity index (χ0v) is 12.5. The highest BCUT2D eigenvalue weighted by Gasteiger charge is 2.11. The van der Waals surface area contributed by atoms with Gasteiger partial charge in [0.05, 0.1) is 25.2 Å². The zero-order valence-electron chi connectivity index (χ0n) is 11.7. The molecule has 0 aliphatic heterocycles. The lowest BCUT2D eigenvalue weighted by Gasteiger charge is -2.07. The summed E-state index contributed by atoms with van der Waals surface area (Å²) in [7, 11) is 1.64. The summed E-state index contributed by atoms with van der Waals surface area (Å²) >= 11 is 1.62. The van der Waals surface area contributed by atoms with E-state index in [4.69, 9.17) is 19.9 Å². The summed E-state index contributed by atoms with van der Waals surface area (Å²) in [5.74, 6) is 0.760. The molecule has 0 amide bonds. The summed E-state index contributed by atoms with van der Waals surface area (Å²) in [5, 5.41) is 0.915. The smallest absolute Gasteiger partial charge is 0.227 e. The van der Waals surface area contributed by atoms with Crippen molar-refractivity contribution in [3.8, 4) is 5.88 Å². The number of hydrogen-bond donors (Lipinski definition) is 1. The standard InChI is InChI=1S/C13H19N3O3S/c1-3-9-8-10-11(15-13(14)16-12(10)20-9)19-7-6-18-5-4-17-2/h8H,3-7H2,1-2H3,(H2,14,15,16). The second-order valence-electron chi connectivity index (χ2n) is 4.13. The third kappa shape index (κ3) is 3.78. The summed E-state index contributed by atoms with van der Waals surface area (Å²) < 4.78 is 15.9. The van der Waals surface area contributed by atoms with E-state index in [9.17, 15) is 0 Å². The summed E-state index contributed by atoms with van der Waals surface area (Å²) in [4.78, 5) is 10.5. The Kier molecular flexibility index (Phi) is 5.51. The summed E-state index contributed by atoms with van der Waals surface area (Å²) in [5.41, 5.74) is 5.70. The summed E-state index contributed by atoms with van der Waals surface area (Å²) in [6, 6.07) is 2.06. The van der Waals surface area contributed by atoms with Crippen LogP contribution in [0, 0.1) is 0 Å². The van der Waals surface area contributed by atoms with Crippen molar-refractivity contribution in [2.45, 2.75) is 13.3 Å². The van der Waals surface area contributed by atoms with Crippen molar-refractivity contribution in [3.63, 3.8) is 0 Å². The monoisotopic (exact) mass is 297 g/mol. The van der Waals surface area contributed by atoms with Gasteiger partial charge in [0.1, 0.15) is 11.4 Å². The molecule has 0 fully saturated rings. The normalized spacial score (nSPS) is 11.1. The average Bonchev–Trinajstić information content (AvgIpc) is 2.85. The van der Waals surface area contributed by atoms with Crippen LogP contribution in [0.1, 0.15) is 11.8 Å². The van der Waals surface area contributed by atoms with E-state index in [0.29, 0.717) is 32.3 Å². The summed E-state index contributed by atoms with van der Waals surface area (Å²) in [6.45, 7) is 4.15. The number of ether oxygens (including phenoxy) is 3. The van der Waals surface area contributed by atoms with Crippen molar-refractivity contribution in [1.29, 1.82) is 0 Å². The first-order valence-corrected chi connectivity index (χ1v) is 7.31. The Hall–Kier alpha value is -1.44. The maximum atomic E-state index is 5.70. The molecule has 2 aromatic rings. The van der Waals surface area contributed by atoms with Gasteiger partial charge in [-0.25, -0.2) is 4.98 Å². The fourth-order valence-corrected chi connectivity index (χ4v) is 2.65. The molecule has 110 valence electrons. The Morgan fingerprint density at radius 3 is 2.75 bits per heavy atom. The predicted octanol–water partition coefficient (Wildman–Crippen LogP) is 1.88. The zero-order chi connectivity index (χ0) is 14.4. The van der Waals surface area contributed by atoms with E-state index >= 15 is 0 Å². The number of nitrogens with zero attached hydrogens (tertiary/aromatic N) is 2. The van der Waals surface area contributed by atoms with E-state index in [2.05, 4.69) is 23.0 Å². The Balaban J connectivity index is 1.99. The van der Waals surface area contributed by atoms with Crippen LogP contribution in [-0.2, 0) is 15.9 Å². The van der Waals surface area contributed by atoms with Gasteiger partial charge in [0, 0.05) is 12.0 Å². The predicted molar refractivity (Wildman–Crippen MR) is 79.4 cm³/mol. The Labute approximate surface area is 121 Å². The van der Waals surface area contributed by atoms with Crippen LogP contribution < -0.4 is 10.5 Å². The number of nitrogens with two attached hydrogens (primary N) is 1. The number of aromatic nitrogens is 2. The van der Waals surface area contributed by atoms with E-state index in [-0.39, 0.29) is 5.95 Å². The highest BCUT2D eigenvalue weighted by atomic mass is 32.1. The van der Waals surface area contributed by atoms with Crippen molar-refractivity contribution in [1.82, 2.24) is 9.97 Å². The molecule has 0 atom stereocenters. The number of rotatable bonds is 8. The van der Waals surface area contributed by atoms with Crippen LogP contribution in [0.15, 0.2) is 6.07 Å². The molecule has 2 rings (SSSR count). The number of hydrogen-bond acceptors (Lipinski definition) is 7. The molecule has 20 heavy (non-hydrogen) atoms. The first-order chi connectivity index (χ1) is 9.74. The topological polar surface area (TPSA) is 79.5 Å². The quantitative estimate of drug-likeness (QED) is 0.749. The lowest BCUT2D eigenvalue weighted by atomic mass is 10.3. The molecule has 0 unspecified atom stereocenters. The Bertz CT molecular complexity index is 559. The van der Waals surface area contributed by atoms with Gasteiger partial charge in [0.25, 0.3) is 0 Å². The molecular weight excluding hydrogens is 278 g/mol. The molecular formula is C13H19N3O3S. The van der Waals surface area contributed by atoms with E-state index in [1.165, 1.54) is 4.88 Å². The van der Waals surface area contributed by atoms with Crippen LogP contribution >= 0.6 is 11.3 Å². The van der Waals surface area contributed by atoms with Gasteiger partial charge in [0.15, 0.2) is 0 Å². The van der Waals surface area contributed by atoms with Gasteiger partial charge in [-0.3, -0.25) is 0 Å². The van der Waals surface area contributed by atoms with Crippen LogP contribution in [0.3, 0.4) is 0 Å². The number of fused-ring (bicyclic) bond motifs is 1. The number of methoxy groups -OCH3 is 1. The molecule has 0 aliphatic carbocycles. The molecule has 0 bridgehead atoms. The van der Waals surface area contributed by atoms with Crippen molar-refractivity contribution in [2.75, 3.05) is 39.3 Å². The first kappa shape index (κ1) is 15.0. The second-order valence-corrected chi connectivity index (χ2v) is 5.24. The molecule has 0 aliphatic rings. The van der Waals surface area contributed by atoms with Crippen molar-refractivity contribution in [3.05, 3.63) is 10.9 Å². The number of aryl methyl sites for hydroxylation is 1. The Morgan fingerprint density at radius 2 is 2.00 bits per heavy atom. The summed E-state index contributed by atoms with van der Waals surface area (Å²) in [6.07, 6.45) is 0.959. The minimum atomic E-state index is 0.234. The van der Waals surface area contributed by atoms with Gasteiger partial charge < -0.3 is 19.9 Å². The molecule has 0 saturated heterocycles. The lowest BCUT2D eigenvalue weighted by molar-refractivity contribution is 0.0540. The molecule has 2 heterocycles. The number of thiophene rings is 1. The third-order valence-electron chi connectivity index (χ3n) is 2.67. The van der Waals surface area contributed by atoms with Gasteiger partial charge in [-0.05, 0) is 12.5 Å². The maximum Gasteiger partial charge on any atom is 0.227 e. The minimum Gasteiger partial charge on any atom is -0.475 e. The highest BCUT2D eigenvalue weighted by Crippen LogP contribution is 2.31. The van der Waals surface area contributed by atoms with Crippen molar-refractivity contribution >= 4 is 27.5 Å². The maximum absolute atomic E-state index is 5.70. The molecule has 0 radical (unpaired) electrons. The van der Waals surface area contributed by atoms with Gasteiger partial charge in [0.2, 0.25) is 11.8 Å². The number of nitrogen functional groups attached to an aromatic ring is 1. The SMILES string of the molecule is CCc1cc2c(OCCOCCOC)nc(N)nc2s1. The molecule has 0 spiro atoms. The van der Waals surface area contributed by atoms with Crippen LogP contribution in [0.4, 0.5) is 5.95 Å². The van der Waals surface area contributed by atoms with E-state index in [0.717, 1.165) is 16.6 Å². The molecule has 2 aromatic heterocycles. The molecule has 0 aromatic carbocycles. The highest BCUT2D eigenvalue weighted by molar-refractivity contribution is 7.18. The lowest BCUT2D eigenvalue weighted by Crippen LogP contribution is -2.11. The average molecular weight is 297 g/mol. The Morgan fingerprint density at radius 1 is 1.20 bits per heavy atom. The van der Waals surface area contributed by atoms with Gasteiger partial charge in [-0.15, -0.1) is 11.3 Å². The fraction of sp³-hybridized carbons (Fsp3) is 0.538. The van der Waals surface area contributed by atoms with Crippen LogP contribution in [0.5, 0.6) is 5.88 Å².